The van der Waals surface area contributed by atoms with Gasteiger partial charge in [0.2, 0.25) is 0 Å². The van der Waals surface area contributed by atoms with E-state index in [1.165, 1.54) is 19.3 Å². The molecule has 2 heteroatoms. The predicted octanol–water partition coefficient (Wildman–Crippen LogP) is 1.43. The van der Waals surface area contributed by atoms with Gasteiger partial charge in [-0.1, -0.05) is 6.42 Å². The van der Waals surface area contributed by atoms with Crippen molar-refractivity contribution in [1.82, 2.24) is 5.32 Å². The van der Waals surface area contributed by atoms with Gasteiger partial charge in [-0.3, -0.25) is 0 Å². The first-order valence-electron chi connectivity index (χ1n) is 3.96. The fourth-order valence-corrected chi connectivity index (χ4v) is 1.51. The molecule has 1 rings (SSSR count). The summed E-state index contributed by atoms with van der Waals surface area (Å²) in [6.07, 6.45) is 4.39. The molecule has 1 N–H and O–H groups in total. The van der Waals surface area contributed by atoms with Crippen LogP contribution in [0.5, 0.6) is 0 Å². The van der Waals surface area contributed by atoms with Crippen molar-refractivity contribution < 1.29 is 0 Å². The van der Waals surface area contributed by atoms with E-state index in [1.807, 2.05) is 0 Å². The van der Waals surface area contributed by atoms with Crippen molar-refractivity contribution in [2.75, 3.05) is 0 Å². The number of nitriles is 1. The van der Waals surface area contributed by atoms with Crippen LogP contribution in [0.15, 0.2) is 0 Å². The Hall–Kier alpha value is -0.550. The third-order valence-corrected chi connectivity index (χ3v) is 2.05. The van der Waals surface area contributed by atoms with Crippen molar-refractivity contribution in [3.63, 3.8) is 0 Å². The molecule has 1 heterocycles. The molecule has 0 saturated carbocycles. The third-order valence-electron chi connectivity index (χ3n) is 2.05. The van der Waals surface area contributed by atoms with E-state index in [0.29, 0.717) is 18.5 Å². The normalized spacial score (nSPS) is 33.2. The lowest BCUT2D eigenvalue weighted by Gasteiger charge is -2.26. The molecule has 0 amide bonds. The monoisotopic (exact) mass is 138 g/mol. The smallest absolute Gasteiger partial charge is 0.0638 e. The van der Waals surface area contributed by atoms with Crippen LogP contribution in [0.2, 0.25) is 0 Å². The molecule has 2 atom stereocenters. The van der Waals surface area contributed by atoms with Crippen molar-refractivity contribution in [3.8, 4) is 6.07 Å². The highest BCUT2D eigenvalue weighted by molar-refractivity contribution is 4.85. The minimum absolute atomic E-state index is 0.466. The number of hydrogen-bond acceptors (Lipinski definition) is 2. The molecule has 1 fully saturated rings. The Bertz CT molecular complexity index is 137. The van der Waals surface area contributed by atoms with Gasteiger partial charge in [-0.05, 0) is 19.8 Å². The van der Waals surface area contributed by atoms with Crippen LogP contribution in [0.4, 0.5) is 0 Å². The van der Waals surface area contributed by atoms with E-state index in [0.717, 1.165) is 0 Å². The molecule has 0 aromatic heterocycles. The van der Waals surface area contributed by atoms with E-state index in [9.17, 15) is 0 Å². The number of hydrogen-bond donors (Lipinski definition) is 1. The van der Waals surface area contributed by atoms with Crippen LogP contribution < -0.4 is 5.32 Å². The Labute approximate surface area is 62.2 Å². The molecule has 1 aliphatic heterocycles. The Morgan fingerprint density at radius 3 is 3.00 bits per heavy atom. The lowest BCUT2D eigenvalue weighted by atomic mass is 9.98. The third kappa shape index (κ3) is 2.00. The Morgan fingerprint density at radius 2 is 2.40 bits per heavy atom. The van der Waals surface area contributed by atoms with Gasteiger partial charge in [0.25, 0.3) is 0 Å². The summed E-state index contributed by atoms with van der Waals surface area (Å²) in [5.74, 6) is 0. The molecule has 0 aromatic carbocycles. The van der Waals surface area contributed by atoms with Crippen molar-refractivity contribution in [1.29, 1.82) is 5.26 Å². The molecular formula is C8H14N2. The fourth-order valence-electron chi connectivity index (χ4n) is 1.51. The minimum Gasteiger partial charge on any atom is -0.310 e. The average molecular weight is 138 g/mol. The van der Waals surface area contributed by atoms with Crippen LogP contribution in [0.3, 0.4) is 0 Å². The highest BCUT2D eigenvalue weighted by Gasteiger charge is 2.16. The number of nitrogens with zero attached hydrogens (tertiary/aromatic N) is 1. The maximum atomic E-state index is 8.41. The van der Waals surface area contributed by atoms with E-state index in [4.69, 9.17) is 5.26 Å². The van der Waals surface area contributed by atoms with Crippen LogP contribution in [0, 0.1) is 11.3 Å². The van der Waals surface area contributed by atoms with Gasteiger partial charge < -0.3 is 5.32 Å². The Morgan fingerprint density at radius 1 is 1.60 bits per heavy atom. The van der Waals surface area contributed by atoms with E-state index in [2.05, 4.69) is 18.3 Å². The van der Waals surface area contributed by atoms with E-state index < -0.39 is 0 Å². The molecule has 0 radical (unpaired) electrons. The van der Waals surface area contributed by atoms with Gasteiger partial charge >= 0.3 is 0 Å². The van der Waals surface area contributed by atoms with Gasteiger partial charge in [-0.25, -0.2) is 0 Å². The van der Waals surface area contributed by atoms with Crippen LogP contribution in [0.1, 0.15) is 32.6 Å². The lowest BCUT2D eigenvalue weighted by Crippen LogP contribution is -2.40. The molecule has 0 aromatic rings. The summed E-state index contributed by atoms with van der Waals surface area (Å²) >= 11 is 0. The fraction of sp³-hybridized carbons (Fsp3) is 0.875. The minimum atomic E-state index is 0.466. The van der Waals surface area contributed by atoms with Crippen LogP contribution >= 0.6 is 0 Å². The molecule has 56 valence electrons. The molecule has 2 unspecified atom stereocenters. The van der Waals surface area contributed by atoms with Crippen LogP contribution in [0.25, 0.3) is 0 Å². The van der Waals surface area contributed by atoms with Gasteiger partial charge in [0.05, 0.1) is 12.5 Å². The van der Waals surface area contributed by atoms with E-state index >= 15 is 0 Å². The summed E-state index contributed by atoms with van der Waals surface area (Å²) in [6, 6.07) is 3.28. The first-order chi connectivity index (χ1) is 4.83. The van der Waals surface area contributed by atoms with Crippen molar-refractivity contribution in [2.24, 2.45) is 0 Å². The van der Waals surface area contributed by atoms with E-state index in [1.54, 1.807) is 0 Å². The molecule has 2 nitrogen and oxygen atoms in total. The summed E-state index contributed by atoms with van der Waals surface area (Å²) in [5, 5.41) is 11.8. The standard InChI is InChI=1S/C8H14N2/c1-7-3-2-4-8(10-7)5-6-9/h7-8,10H,2-5H2,1H3. The largest absolute Gasteiger partial charge is 0.310 e. The summed E-state index contributed by atoms with van der Waals surface area (Å²) in [5.41, 5.74) is 0. The van der Waals surface area contributed by atoms with E-state index in [-0.39, 0.29) is 0 Å². The second-order valence-corrected chi connectivity index (χ2v) is 3.06. The highest BCUT2D eigenvalue weighted by Crippen LogP contribution is 2.13. The Kier molecular flexibility index (Phi) is 2.70. The number of piperidine rings is 1. The first-order valence-corrected chi connectivity index (χ1v) is 3.96. The summed E-state index contributed by atoms with van der Waals surface area (Å²) in [4.78, 5) is 0. The SMILES string of the molecule is CC1CCCC(CC#N)N1. The van der Waals surface area contributed by atoms with Gasteiger partial charge in [0.1, 0.15) is 0 Å². The van der Waals surface area contributed by atoms with Crippen molar-refractivity contribution in [3.05, 3.63) is 0 Å². The number of nitrogens with one attached hydrogen (secondary N) is 1. The molecule has 0 aliphatic carbocycles. The van der Waals surface area contributed by atoms with Gasteiger partial charge in [-0.2, -0.15) is 5.26 Å². The highest BCUT2D eigenvalue weighted by atomic mass is 15.0. The van der Waals surface area contributed by atoms with Gasteiger partial charge in [-0.15, -0.1) is 0 Å². The Balaban J connectivity index is 2.27. The van der Waals surface area contributed by atoms with Gasteiger partial charge in [0, 0.05) is 12.1 Å². The summed E-state index contributed by atoms with van der Waals surface area (Å²) < 4.78 is 0. The lowest BCUT2D eigenvalue weighted by molar-refractivity contribution is 0.338. The quantitative estimate of drug-likeness (QED) is 0.595. The molecular weight excluding hydrogens is 124 g/mol. The summed E-state index contributed by atoms with van der Waals surface area (Å²) in [7, 11) is 0. The predicted molar refractivity (Wildman–Crippen MR) is 40.5 cm³/mol. The van der Waals surface area contributed by atoms with Crippen molar-refractivity contribution in [2.45, 2.75) is 44.7 Å². The maximum Gasteiger partial charge on any atom is 0.0638 e. The topological polar surface area (TPSA) is 35.8 Å². The summed E-state index contributed by atoms with van der Waals surface area (Å²) in [6.45, 7) is 2.18. The van der Waals surface area contributed by atoms with Crippen LogP contribution in [-0.2, 0) is 0 Å². The van der Waals surface area contributed by atoms with Gasteiger partial charge in [0.15, 0.2) is 0 Å². The second-order valence-electron chi connectivity index (χ2n) is 3.06. The number of rotatable bonds is 1. The molecule has 0 spiro atoms. The van der Waals surface area contributed by atoms with Crippen LogP contribution in [-0.4, -0.2) is 12.1 Å². The zero-order chi connectivity index (χ0) is 7.40. The van der Waals surface area contributed by atoms with Crippen molar-refractivity contribution >= 4 is 0 Å². The zero-order valence-corrected chi connectivity index (χ0v) is 6.43. The first kappa shape index (κ1) is 7.56. The average Bonchev–Trinajstić information content (AvgIpc) is 1.88. The maximum absolute atomic E-state index is 8.41. The molecule has 0 bridgehead atoms. The molecule has 10 heavy (non-hydrogen) atoms. The zero-order valence-electron chi connectivity index (χ0n) is 6.43. The molecule has 1 saturated heterocycles. The second kappa shape index (κ2) is 3.58. The molecule has 1 aliphatic rings.